The van der Waals surface area contributed by atoms with E-state index >= 15 is 0 Å². The van der Waals surface area contributed by atoms with Crippen molar-refractivity contribution in [2.45, 2.75) is 25.4 Å². The minimum atomic E-state index is -0.747. The minimum absolute atomic E-state index is 0.498. The highest BCUT2D eigenvalue weighted by Crippen LogP contribution is 2.25. The number of rotatable bonds is 4. The van der Waals surface area contributed by atoms with E-state index in [2.05, 4.69) is 4.98 Å². The molecule has 2 aromatic rings. The summed E-state index contributed by atoms with van der Waals surface area (Å²) in [6.45, 7) is 2.31. The third-order valence-corrected chi connectivity index (χ3v) is 3.59. The van der Waals surface area contributed by atoms with E-state index in [1.54, 1.807) is 11.3 Å². The van der Waals surface area contributed by atoms with Crippen molar-refractivity contribution in [3.8, 4) is 0 Å². The SMILES string of the molecule is CC(O)(CCN)Cc1nc2ccccc2s1. The molecule has 0 bridgehead atoms. The Morgan fingerprint density at radius 2 is 2.19 bits per heavy atom. The third-order valence-electron chi connectivity index (χ3n) is 2.55. The van der Waals surface area contributed by atoms with Crippen molar-refractivity contribution in [1.82, 2.24) is 4.98 Å². The van der Waals surface area contributed by atoms with Crippen LogP contribution in [0.2, 0.25) is 0 Å². The number of thiazole rings is 1. The topological polar surface area (TPSA) is 59.1 Å². The Morgan fingerprint density at radius 1 is 1.44 bits per heavy atom. The van der Waals surface area contributed by atoms with Gasteiger partial charge in [-0.3, -0.25) is 0 Å². The highest BCUT2D eigenvalue weighted by Gasteiger charge is 2.21. The highest BCUT2D eigenvalue weighted by molar-refractivity contribution is 7.18. The van der Waals surface area contributed by atoms with Crippen LogP contribution >= 0.6 is 11.3 Å². The summed E-state index contributed by atoms with van der Waals surface area (Å²) in [6.07, 6.45) is 1.17. The van der Waals surface area contributed by atoms with E-state index in [1.165, 1.54) is 4.70 Å². The van der Waals surface area contributed by atoms with Crippen LogP contribution in [0.4, 0.5) is 0 Å². The van der Waals surface area contributed by atoms with Crippen molar-refractivity contribution < 1.29 is 5.11 Å². The summed E-state index contributed by atoms with van der Waals surface area (Å²) in [5.41, 5.74) is 5.72. The van der Waals surface area contributed by atoms with Crippen LogP contribution in [0.1, 0.15) is 18.4 Å². The number of hydrogen-bond acceptors (Lipinski definition) is 4. The van der Waals surface area contributed by atoms with Crippen LogP contribution in [0.25, 0.3) is 10.2 Å². The van der Waals surface area contributed by atoms with Crippen LogP contribution in [0, 0.1) is 0 Å². The molecule has 86 valence electrons. The molecule has 0 saturated carbocycles. The first-order chi connectivity index (χ1) is 7.61. The molecule has 1 unspecified atom stereocenters. The maximum absolute atomic E-state index is 10.1. The fourth-order valence-electron chi connectivity index (χ4n) is 1.72. The molecule has 0 amide bonds. The van der Waals surface area contributed by atoms with Crippen LogP contribution in [0.5, 0.6) is 0 Å². The maximum atomic E-state index is 10.1. The van der Waals surface area contributed by atoms with E-state index in [9.17, 15) is 5.11 Å². The van der Waals surface area contributed by atoms with E-state index in [1.807, 2.05) is 31.2 Å². The lowest BCUT2D eigenvalue weighted by molar-refractivity contribution is 0.0539. The van der Waals surface area contributed by atoms with Gasteiger partial charge in [-0.1, -0.05) is 12.1 Å². The molecule has 0 aliphatic heterocycles. The predicted molar refractivity (Wildman–Crippen MR) is 67.6 cm³/mol. The Hall–Kier alpha value is -0.970. The molecule has 2 rings (SSSR count). The molecule has 0 radical (unpaired) electrons. The molecule has 0 saturated heterocycles. The van der Waals surface area contributed by atoms with Crippen molar-refractivity contribution in [1.29, 1.82) is 0 Å². The smallest absolute Gasteiger partial charge is 0.0967 e. The van der Waals surface area contributed by atoms with Crippen molar-refractivity contribution in [2.24, 2.45) is 5.73 Å². The predicted octanol–water partition coefficient (Wildman–Crippen LogP) is 1.94. The lowest BCUT2D eigenvalue weighted by Crippen LogP contribution is -2.30. The van der Waals surface area contributed by atoms with Gasteiger partial charge >= 0.3 is 0 Å². The van der Waals surface area contributed by atoms with Crippen LogP contribution < -0.4 is 5.73 Å². The van der Waals surface area contributed by atoms with Gasteiger partial charge < -0.3 is 10.8 Å². The fraction of sp³-hybridized carbons (Fsp3) is 0.417. The van der Waals surface area contributed by atoms with Gasteiger partial charge in [-0.15, -0.1) is 11.3 Å². The van der Waals surface area contributed by atoms with E-state index in [0.29, 0.717) is 19.4 Å². The van der Waals surface area contributed by atoms with Crippen LogP contribution in [0.3, 0.4) is 0 Å². The quantitative estimate of drug-likeness (QED) is 0.853. The Kier molecular flexibility index (Phi) is 3.23. The summed E-state index contributed by atoms with van der Waals surface area (Å²) in [5, 5.41) is 11.1. The van der Waals surface area contributed by atoms with Gasteiger partial charge in [-0.25, -0.2) is 4.98 Å². The fourth-order valence-corrected chi connectivity index (χ4v) is 2.87. The number of nitrogens with zero attached hydrogens (tertiary/aromatic N) is 1. The van der Waals surface area contributed by atoms with Gasteiger partial charge in [0.05, 0.1) is 20.8 Å². The second-order valence-corrected chi connectivity index (χ2v) is 5.40. The maximum Gasteiger partial charge on any atom is 0.0967 e. The first-order valence-electron chi connectivity index (χ1n) is 5.38. The average Bonchev–Trinajstić information content (AvgIpc) is 2.58. The molecular weight excluding hydrogens is 220 g/mol. The van der Waals surface area contributed by atoms with Gasteiger partial charge in [0.1, 0.15) is 0 Å². The van der Waals surface area contributed by atoms with E-state index in [0.717, 1.165) is 10.5 Å². The molecule has 3 nitrogen and oxygen atoms in total. The molecule has 0 aliphatic rings. The molecule has 1 aromatic carbocycles. The van der Waals surface area contributed by atoms with Crippen molar-refractivity contribution in [3.05, 3.63) is 29.3 Å². The molecular formula is C12H16N2OS. The summed E-state index contributed by atoms with van der Waals surface area (Å²) in [7, 11) is 0. The molecule has 0 spiro atoms. The molecule has 1 aromatic heterocycles. The van der Waals surface area contributed by atoms with Gasteiger partial charge in [-0.2, -0.15) is 0 Å². The van der Waals surface area contributed by atoms with Gasteiger partial charge in [-0.05, 0) is 32.0 Å². The zero-order chi connectivity index (χ0) is 11.6. The first kappa shape index (κ1) is 11.5. The Balaban J connectivity index is 2.21. The van der Waals surface area contributed by atoms with Crippen molar-refractivity contribution in [2.75, 3.05) is 6.54 Å². The Bertz CT molecular complexity index is 446. The zero-order valence-corrected chi connectivity index (χ0v) is 10.1. The van der Waals surface area contributed by atoms with Crippen molar-refractivity contribution in [3.63, 3.8) is 0 Å². The highest BCUT2D eigenvalue weighted by atomic mass is 32.1. The third kappa shape index (κ3) is 2.58. The van der Waals surface area contributed by atoms with E-state index in [-0.39, 0.29) is 0 Å². The summed E-state index contributed by atoms with van der Waals surface area (Å²) in [6, 6.07) is 8.02. The summed E-state index contributed by atoms with van der Waals surface area (Å²) in [5.74, 6) is 0. The standard InChI is InChI=1S/C12H16N2OS/c1-12(15,6-7-13)8-11-14-9-4-2-3-5-10(9)16-11/h2-5,15H,6-8,13H2,1H3. The summed E-state index contributed by atoms with van der Waals surface area (Å²) < 4.78 is 1.17. The van der Waals surface area contributed by atoms with Gasteiger partial charge in [0, 0.05) is 6.42 Å². The molecule has 4 heteroatoms. The lowest BCUT2D eigenvalue weighted by Gasteiger charge is -2.20. The van der Waals surface area contributed by atoms with E-state index < -0.39 is 5.60 Å². The minimum Gasteiger partial charge on any atom is -0.390 e. The number of hydrogen-bond donors (Lipinski definition) is 2. The largest absolute Gasteiger partial charge is 0.390 e. The zero-order valence-electron chi connectivity index (χ0n) is 9.31. The van der Waals surface area contributed by atoms with Gasteiger partial charge in [0.2, 0.25) is 0 Å². The number of benzene rings is 1. The van der Waals surface area contributed by atoms with Crippen LogP contribution in [-0.4, -0.2) is 22.2 Å². The number of aromatic nitrogens is 1. The second-order valence-electron chi connectivity index (χ2n) is 4.29. The normalized spacial score (nSPS) is 15.2. The van der Waals surface area contributed by atoms with Crippen LogP contribution in [0.15, 0.2) is 24.3 Å². The molecule has 3 N–H and O–H groups in total. The van der Waals surface area contributed by atoms with E-state index in [4.69, 9.17) is 5.73 Å². The summed E-state index contributed by atoms with van der Waals surface area (Å²) >= 11 is 1.64. The lowest BCUT2D eigenvalue weighted by atomic mass is 9.99. The average molecular weight is 236 g/mol. The second kappa shape index (κ2) is 4.49. The Labute approximate surface area is 98.9 Å². The van der Waals surface area contributed by atoms with Gasteiger partial charge in [0.15, 0.2) is 0 Å². The number of para-hydroxylation sites is 1. The van der Waals surface area contributed by atoms with Crippen LogP contribution in [-0.2, 0) is 6.42 Å². The molecule has 1 heterocycles. The number of aliphatic hydroxyl groups is 1. The Morgan fingerprint density at radius 3 is 2.88 bits per heavy atom. The molecule has 0 fully saturated rings. The summed E-state index contributed by atoms with van der Waals surface area (Å²) in [4.78, 5) is 4.50. The number of nitrogens with two attached hydrogens (primary N) is 1. The molecule has 0 aliphatic carbocycles. The van der Waals surface area contributed by atoms with Gasteiger partial charge in [0.25, 0.3) is 0 Å². The van der Waals surface area contributed by atoms with Crippen molar-refractivity contribution >= 4 is 21.6 Å². The molecule has 1 atom stereocenters. The number of fused-ring (bicyclic) bond motifs is 1. The monoisotopic (exact) mass is 236 g/mol. The molecule has 16 heavy (non-hydrogen) atoms. The first-order valence-corrected chi connectivity index (χ1v) is 6.19.